The number of benzene rings is 1. The van der Waals surface area contributed by atoms with E-state index in [4.69, 9.17) is 11.6 Å². The maximum absolute atomic E-state index is 12.6. The average Bonchev–Trinajstić information content (AvgIpc) is 1.92. The molecule has 0 amide bonds. The predicted molar refractivity (Wildman–Crippen MR) is 41.8 cm³/mol. The molecule has 0 saturated carbocycles. The van der Waals surface area contributed by atoms with Gasteiger partial charge in [0, 0.05) is 5.56 Å². The van der Waals surface area contributed by atoms with Crippen molar-refractivity contribution in [3.63, 3.8) is 0 Å². The molecule has 0 fully saturated rings. The normalized spacial score (nSPS) is 15.8. The first-order valence-electron chi connectivity index (χ1n) is 3.28. The molecular weight excluding hydrogens is 186 g/mol. The van der Waals surface area contributed by atoms with Crippen LogP contribution in [0.3, 0.4) is 0 Å². The Bertz CT molecular complexity index is 294. The summed E-state index contributed by atoms with van der Waals surface area (Å²) in [4.78, 5) is 0. The van der Waals surface area contributed by atoms with Gasteiger partial charge in [0.2, 0.25) is 0 Å². The van der Waals surface area contributed by atoms with Crippen molar-refractivity contribution in [2.75, 3.05) is 0 Å². The van der Waals surface area contributed by atoms with E-state index in [1.165, 1.54) is 13.0 Å². The molecule has 66 valence electrons. The zero-order valence-electron chi connectivity index (χ0n) is 6.31. The van der Waals surface area contributed by atoms with Gasteiger partial charge in [0.05, 0.1) is 0 Å². The van der Waals surface area contributed by atoms with Gasteiger partial charge in [-0.2, -0.15) is 0 Å². The van der Waals surface area contributed by atoms with Crippen molar-refractivity contribution in [2.24, 2.45) is 0 Å². The number of halogens is 3. The lowest BCUT2D eigenvalue weighted by molar-refractivity contribution is 0.150. The minimum Gasteiger partial charge on any atom is -0.371 e. The summed E-state index contributed by atoms with van der Waals surface area (Å²) in [5, 5.41) is 7.52. The van der Waals surface area contributed by atoms with Crippen LogP contribution in [0.4, 0.5) is 8.78 Å². The van der Waals surface area contributed by atoms with Crippen LogP contribution in [-0.4, -0.2) is 5.11 Å². The van der Waals surface area contributed by atoms with E-state index < -0.39 is 16.7 Å². The van der Waals surface area contributed by atoms with Gasteiger partial charge in [-0.15, -0.1) is 0 Å². The molecule has 1 unspecified atom stereocenters. The van der Waals surface area contributed by atoms with Gasteiger partial charge in [0.15, 0.2) is 16.7 Å². The van der Waals surface area contributed by atoms with Gasteiger partial charge in [-0.1, -0.05) is 17.7 Å². The van der Waals surface area contributed by atoms with E-state index in [9.17, 15) is 13.9 Å². The van der Waals surface area contributed by atoms with Crippen molar-refractivity contribution in [3.05, 3.63) is 35.4 Å². The third kappa shape index (κ3) is 1.93. The number of aliphatic hydroxyl groups is 1. The molecule has 0 saturated heterocycles. The summed E-state index contributed by atoms with van der Waals surface area (Å²) in [6.45, 7) is 1.28. The van der Waals surface area contributed by atoms with Crippen LogP contribution in [-0.2, 0) is 5.06 Å². The molecular formula is C8H7ClF2O. The van der Waals surface area contributed by atoms with Gasteiger partial charge in [0.25, 0.3) is 0 Å². The maximum atomic E-state index is 12.6. The fourth-order valence-electron chi connectivity index (χ4n) is 0.780. The second-order valence-corrected chi connectivity index (χ2v) is 3.32. The molecule has 1 N–H and O–H groups in total. The molecule has 1 rings (SSSR count). The van der Waals surface area contributed by atoms with Crippen molar-refractivity contribution >= 4 is 11.6 Å². The second kappa shape index (κ2) is 2.99. The lowest BCUT2D eigenvalue weighted by Crippen LogP contribution is -2.12. The highest BCUT2D eigenvalue weighted by molar-refractivity contribution is 6.22. The van der Waals surface area contributed by atoms with Crippen LogP contribution in [0.5, 0.6) is 0 Å². The standard InChI is InChI=1S/C8H7ClF2O/c1-8(9,12)5-2-3-6(10)7(11)4-5/h2-4,12H,1H3. The van der Waals surface area contributed by atoms with Crippen LogP contribution in [0.15, 0.2) is 18.2 Å². The molecule has 0 aliphatic carbocycles. The van der Waals surface area contributed by atoms with Crippen molar-refractivity contribution in [3.8, 4) is 0 Å². The van der Waals surface area contributed by atoms with E-state index in [-0.39, 0.29) is 5.56 Å². The summed E-state index contributed by atoms with van der Waals surface area (Å²) in [6, 6.07) is 3.01. The van der Waals surface area contributed by atoms with E-state index in [2.05, 4.69) is 0 Å². The van der Waals surface area contributed by atoms with Crippen LogP contribution in [0.2, 0.25) is 0 Å². The lowest BCUT2D eigenvalue weighted by atomic mass is 10.1. The highest BCUT2D eigenvalue weighted by Crippen LogP contribution is 2.25. The third-order valence-corrected chi connectivity index (χ3v) is 1.66. The first-order chi connectivity index (χ1) is 5.41. The Kier molecular flexibility index (Phi) is 2.35. The van der Waals surface area contributed by atoms with E-state index in [0.29, 0.717) is 0 Å². The molecule has 1 aromatic rings. The van der Waals surface area contributed by atoms with Gasteiger partial charge in [-0.3, -0.25) is 0 Å². The Labute approximate surface area is 73.6 Å². The second-order valence-electron chi connectivity index (χ2n) is 2.58. The summed E-state index contributed by atoms with van der Waals surface area (Å²) in [6.07, 6.45) is 0. The first-order valence-corrected chi connectivity index (χ1v) is 3.66. The number of hydrogen-bond donors (Lipinski definition) is 1. The maximum Gasteiger partial charge on any atom is 0.161 e. The van der Waals surface area contributed by atoms with Crippen LogP contribution >= 0.6 is 11.6 Å². The molecule has 0 aromatic heterocycles. The van der Waals surface area contributed by atoms with Crippen molar-refractivity contribution in [2.45, 2.75) is 12.0 Å². The molecule has 0 bridgehead atoms. The number of hydrogen-bond acceptors (Lipinski definition) is 1. The summed E-state index contributed by atoms with van der Waals surface area (Å²) in [5.41, 5.74) is 0.128. The molecule has 0 aliphatic rings. The molecule has 0 heterocycles. The fourth-order valence-corrected chi connectivity index (χ4v) is 0.898. The van der Waals surface area contributed by atoms with Gasteiger partial charge in [-0.25, -0.2) is 8.78 Å². The third-order valence-electron chi connectivity index (χ3n) is 1.45. The smallest absolute Gasteiger partial charge is 0.161 e. The van der Waals surface area contributed by atoms with E-state index in [0.717, 1.165) is 12.1 Å². The number of rotatable bonds is 1. The first kappa shape index (κ1) is 9.42. The summed E-state index contributed by atoms with van der Waals surface area (Å²) in [5.74, 6) is -1.98. The highest BCUT2D eigenvalue weighted by atomic mass is 35.5. The molecule has 1 atom stereocenters. The Hall–Kier alpha value is -0.670. The van der Waals surface area contributed by atoms with Gasteiger partial charge in [-0.05, 0) is 19.1 Å². The van der Waals surface area contributed by atoms with E-state index >= 15 is 0 Å². The molecule has 0 aliphatic heterocycles. The largest absolute Gasteiger partial charge is 0.371 e. The SMILES string of the molecule is CC(O)(Cl)c1ccc(F)c(F)c1. The Morgan fingerprint density at radius 3 is 2.33 bits per heavy atom. The topological polar surface area (TPSA) is 20.2 Å². The monoisotopic (exact) mass is 192 g/mol. The lowest BCUT2D eigenvalue weighted by Gasteiger charge is -2.14. The zero-order chi connectivity index (χ0) is 9.35. The van der Waals surface area contributed by atoms with Crippen LogP contribution in [0, 0.1) is 11.6 Å². The van der Waals surface area contributed by atoms with Crippen molar-refractivity contribution < 1.29 is 13.9 Å². The van der Waals surface area contributed by atoms with E-state index in [1.807, 2.05) is 0 Å². The fraction of sp³-hybridized carbons (Fsp3) is 0.250. The molecule has 0 radical (unpaired) electrons. The van der Waals surface area contributed by atoms with Crippen LogP contribution in [0.1, 0.15) is 12.5 Å². The van der Waals surface area contributed by atoms with Crippen molar-refractivity contribution in [1.29, 1.82) is 0 Å². The molecule has 12 heavy (non-hydrogen) atoms. The minimum atomic E-state index is -1.66. The summed E-state index contributed by atoms with van der Waals surface area (Å²) >= 11 is 5.45. The highest BCUT2D eigenvalue weighted by Gasteiger charge is 2.20. The van der Waals surface area contributed by atoms with Gasteiger partial charge >= 0.3 is 0 Å². The van der Waals surface area contributed by atoms with Crippen molar-refractivity contribution in [1.82, 2.24) is 0 Å². The molecule has 1 nitrogen and oxygen atoms in total. The average molecular weight is 193 g/mol. The van der Waals surface area contributed by atoms with E-state index in [1.54, 1.807) is 0 Å². The van der Waals surface area contributed by atoms with Gasteiger partial charge in [0.1, 0.15) is 0 Å². The summed E-state index contributed by atoms with van der Waals surface area (Å²) < 4.78 is 25.0. The minimum absolute atomic E-state index is 0.128. The Morgan fingerprint density at radius 2 is 1.92 bits per heavy atom. The Balaban J connectivity index is 3.14. The molecule has 1 aromatic carbocycles. The quantitative estimate of drug-likeness (QED) is 0.678. The predicted octanol–water partition coefficient (Wildman–Crippen LogP) is 2.37. The zero-order valence-corrected chi connectivity index (χ0v) is 7.07. The van der Waals surface area contributed by atoms with Gasteiger partial charge < -0.3 is 5.11 Å². The van der Waals surface area contributed by atoms with Crippen LogP contribution in [0.25, 0.3) is 0 Å². The molecule has 4 heteroatoms. The Morgan fingerprint density at radius 1 is 1.33 bits per heavy atom. The summed E-state index contributed by atoms with van der Waals surface area (Å²) in [7, 11) is 0. The molecule has 0 spiro atoms. The van der Waals surface area contributed by atoms with Crippen LogP contribution < -0.4 is 0 Å². The number of alkyl halides is 1.